The van der Waals surface area contributed by atoms with E-state index in [1.807, 2.05) is 26.2 Å². The highest BCUT2D eigenvalue weighted by molar-refractivity contribution is 5.35. The molecule has 0 aliphatic heterocycles. The minimum Gasteiger partial charge on any atom is -0.360 e. The Morgan fingerprint density at radius 1 is 1.41 bits per heavy atom. The average Bonchev–Trinajstić information content (AvgIpc) is 2.73. The third-order valence-corrected chi connectivity index (χ3v) is 2.55. The smallest absolute Gasteiger partial charge is 0.148 e. The lowest BCUT2D eigenvalue weighted by Gasteiger charge is -2.15. The van der Waals surface area contributed by atoms with Gasteiger partial charge in [-0.3, -0.25) is 9.67 Å². The molecule has 1 N–H and O–H groups in total. The van der Waals surface area contributed by atoms with Gasteiger partial charge in [-0.15, -0.1) is 0 Å². The first-order valence-corrected chi connectivity index (χ1v) is 5.56. The fourth-order valence-corrected chi connectivity index (χ4v) is 1.65. The highest BCUT2D eigenvalue weighted by Gasteiger charge is 2.11. The molecular formula is C12H15FN4. The number of aromatic nitrogens is 3. The number of hydrogen-bond acceptors (Lipinski definition) is 3. The van der Waals surface area contributed by atoms with Crippen molar-refractivity contribution in [2.24, 2.45) is 7.05 Å². The molecular weight excluding hydrogens is 219 g/mol. The van der Waals surface area contributed by atoms with Gasteiger partial charge in [0.15, 0.2) is 0 Å². The molecule has 2 aromatic heterocycles. The minimum absolute atomic E-state index is 0.0468. The number of anilines is 1. The third-order valence-electron chi connectivity index (χ3n) is 2.55. The molecule has 0 radical (unpaired) electrons. The maximum atomic E-state index is 12.8. The molecule has 0 amide bonds. The van der Waals surface area contributed by atoms with E-state index in [-0.39, 0.29) is 11.9 Å². The van der Waals surface area contributed by atoms with Crippen LogP contribution in [0.15, 0.2) is 30.6 Å². The third kappa shape index (κ3) is 2.81. The van der Waals surface area contributed by atoms with Crippen LogP contribution in [0.1, 0.15) is 25.1 Å². The molecule has 0 saturated carbocycles. The van der Waals surface area contributed by atoms with Crippen LogP contribution < -0.4 is 5.32 Å². The van der Waals surface area contributed by atoms with Crippen molar-refractivity contribution in [3.8, 4) is 0 Å². The number of hydrogen-bond donors (Lipinski definition) is 1. The number of pyridine rings is 1. The van der Waals surface area contributed by atoms with E-state index >= 15 is 0 Å². The molecule has 5 heteroatoms. The first kappa shape index (κ1) is 11.6. The molecule has 90 valence electrons. The van der Waals surface area contributed by atoms with Crippen molar-refractivity contribution in [3.05, 3.63) is 42.1 Å². The molecule has 2 heterocycles. The molecule has 4 nitrogen and oxygen atoms in total. The van der Waals surface area contributed by atoms with Gasteiger partial charge in [0.2, 0.25) is 0 Å². The van der Waals surface area contributed by atoms with Gasteiger partial charge in [-0.05, 0) is 18.6 Å². The quantitative estimate of drug-likeness (QED) is 0.883. The van der Waals surface area contributed by atoms with E-state index in [0.717, 1.165) is 17.9 Å². The molecule has 0 spiro atoms. The van der Waals surface area contributed by atoms with E-state index in [1.54, 1.807) is 10.7 Å². The molecule has 0 fully saturated rings. The molecule has 2 aromatic rings. The maximum Gasteiger partial charge on any atom is 0.148 e. The van der Waals surface area contributed by atoms with E-state index in [9.17, 15) is 4.39 Å². The van der Waals surface area contributed by atoms with E-state index in [1.165, 1.54) is 12.3 Å². The summed E-state index contributed by atoms with van der Waals surface area (Å²) >= 11 is 0. The van der Waals surface area contributed by atoms with Crippen LogP contribution >= 0.6 is 0 Å². The number of nitrogens with one attached hydrogen (secondary N) is 1. The summed E-state index contributed by atoms with van der Waals surface area (Å²) in [6.07, 6.45) is 3.96. The second-order valence-corrected chi connectivity index (χ2v) is 3.88. The molecule has 0 saturated heterocycles. The predicted molar refractivity (Wildman–Crippen MR) is 64.1 cm³/mol. The van der Waals surface area contributed by atoms with E-state index < -0.39 is 0 Å². The Bertz CT molecular complexity index is 478. The first-order chi connectivity index (χ1) is 8.19. The van der Waals surface area contributed by atoms with Crippen molar-refractivity contribution in [2.75, 3.05) is 5.32 Å². The summed E-state index contributed by atoms with van der Waals surface area (Å²) in [6.45, 7) is 2.05. The first-order valence-electron chi connectivity index (χ1n) is 5.56. The highest BCUT2D eigenvalue weighted by atomic mass is 19.1. The molecule has 1 atom stereocenters. The van der Waals surface area contributed by atoms with Crippen molar-refractivity contribution in [2.45, 2.75) is 19.4 Å². The lowest BCUT2D eigenvalue weighted by atomic mass is 10.1. The van der Waals surface area contributed by atoms with Crippen LogP contribution in [0.25, 0.3) is 0 Å². The maximum absolute atomic E-state index is 12.8. The fraction of sp³-hybridized carbons (Fsp3) is 0.333. The Labute approximate surface area is 99.5 Å². The van der Waals surface area contributed by atoms with Gasteiger partial charge in [0.05, 0.1) is 17.9 Å². The summed E-state index contributed by atoms with van der Waals surface area (Å²) < 4.78 is 14.5. The average molecular weight is 234 g/mol. The number of nitrogens with zero attached hydrogens (tertiary/aromatic N) is 3. The Hall–Kier alpha value is -1.91. The molecule has 0 aromatic carbocycles. The SMILES string of the molecule is CCC(Nc1ccn(C)n1)c1ccc(F)cn1. The van der Waals surface area contributed by atoms with Crippen molar-refractivity contribution in [3.63, 3.8) is 0 Å². The largest absolute Gasteiger partial charge is 0.360 e. The molecule has 0 aliphatic carbocycles. The second kappa shape index (κ2) is 4.95. The monoisotopic (exact) mass is 234 g/mol. The summed E-state index contributed by atoms with van der Waals surface area (Å²) in [6, 6.07) is 5.06. The van der Waals surface area contributed by atoms with Crippen LogP contribution in [0.4, 0.5) is 10.2 Å². The van der Waals surface area contributed by atoms with Crippen LogP contribution in [0, 0.1) is 5.82 Å². The lowest BCUT2D eigenvalue weighted by molar-refractivity contribution is 0.614. The standard InChI is InChI=1S/C12H15FN4/c1-3-10(11-5-4-9(13)8-14-11)15-12-6-7-17(2)16-12/h4-8,10H,3H2,1-2H3,(H,15,16). The van der Waals surface area contributed by atoms with Gasteiger partial charge >= 0.3 is 0 Å². The molecule has 0 aliphatic rings. The Kier molecular flexibility index (Phi) is 3.37. The molecule has 0 bridgehead atoms. The van der Waals surface area contributed by atoms with Crippen LogP contribution in [-0.2, 0) is 7.05 Å². The predicted octanol–water partition coefficient (Wildman–Crippen LogP) is 2.52. The topological polar surface area (TPSA) is 42.7 Å². The van der Waals surface area contributed by atoms with Crippen molar-refractivity contribution >= 4 is 5.82 Å². The zero-order valence-electron chi connectivity index (χ0n) is 9.89. The zero-order valence-corrected chi connectivity index (χ0v) is 9.89. The van der Waals surface area contributed by atoms with Crippen molar-refractivity contribution in [1.82, 2.24) is 14.8 Å². The van der Waals surface area contributed by atoms with Gasteiger partial charge in [-0.2, -0.15) is 5.10 Å². The fourth-order valence-electron chi connectivity index (χ4n) is 1.65. The Morgan fingerprint density at radius 2 is 2.24 bits per heavy atom. The van der Waals surface area contributed by atoms with Gasteiger partial charge in [-0.1, -0.05) is 6.92 Å². The number of aryl methyl sites for hydroxylation is 1. The summed E-state index contributed by atoms with van der Waals surface area (Å²) in [5.41, 5.74) is 0.819. The number of halogens is 1. The molecule has 17 heavy (non-hydrogen) atoms. The normalized spacial score (nSPS) is 12.4. The number of rotatable bonds is 4. The second-order valence-electron chi connectivity index (χ2n) is 3.88. The summed E-state index contributed by atoms with van der Waals surface area (Å²) in [4.78, 5) is 4.08. The van der Waals surface area contributed by atoms with E-state index in [0.29, 0.717) is 0 Å². The minimum atomic E-state index is -0.318. The van der Waals surface area contributed by atoms with Crippen LogP contribution in [-0.4, -0.2) is 14.8 Å². The van der Waals surface area contributed by atoms with Gasteiger partial charge in [-0.25, -0.2) is 4.39 Å². The Morgan fingerprint density at radius 3 is 2.76 bits per heavy atom. The molecule has 2 rings (SSSR count). The van der Waals surface area contributed by atoms with Crippen LogP contribution in [0.5, 0.6) is 0 Å². The van der Waals surface area contributed by atoms with Gasteiger partial charge < -0.3 is 5.32 Å². The van der Waals surface area contributed by atoms with Gasteiger partial charge in [0.1, 0.15) is 11.6 Å². The summed E-state index contributed by atoms with van der Waals surface area (Å²) in [5.74, 6) is 0.479. The van der Waals surface area contributed by atoms with Crippen LogP contribution in [0.3, 0.4) is 0 Å². The van der Waals surface area contributed by atoms with Crippen molar-refractivity contribution < 1.29 is 4.39 Å². The van der Waals surface area contributed by atoms with Crippen molar-refractivity contribution in [1.29, 1.82) is 0 Å². The van der Waals surface area contributed by atoms with Gasteiger partial charge in [0.25, 0.3) is 0 Å². The van der Waals surface area contributed by atoms with Gasteiger partial charge in [0, 0.05) is 19.3 Å². The molecule has 1 unspecified atom stereocenters. The van der Waals surface area contributed by atoms with E-state index in [4.69, 9.17) is 0 Å². The highest BCUT2D eigenvalue weighted by Crippen LogP contribution is 2.19. The summed E-state index contributed by atoms with van der Waals surface area (Å²) in [7, 11) is 1.86. The Balaban J connectivity index is 2.13. The van der Waals surface area contributed by atoms with E-state index in [2.05, 4.69) is 15.4 Å². The lowest BCUT2D eigenvalue weighted by Crippen LogP contribution is -2.12. The van der Waals surface area contributed by atoms with Crippen LogP contribution in [0.2, 0.25) is 0 Å². The summed E-state index contributed by atoms with van der Waals surface area (Å²) in [5, 5.41) is 7.51. The zero-order chi connectivity index (χ0) is 12.3.